The van der Waals surface area contributed by atoms with Crippen molar-refractivity contribution in [2.75, 3.05) is 19.1 Å². The molecule has 1 aliphatic rings. The Morgan fingerprint density at radius 3 is 1.85 bits per heavy atom. The van der Waals surface area contributed by atoms with Crippen molar-refractivity contribution in [3.8, 4) is 11.5 Å². The fourth-order valence-electron chi connectivity index (χ4n) is 3.80. The van der Waals surface area contributed by atoms with E-state index >= 15 is 0 Å². The summed E-state index contributed by atoms with van der Waals surface area (Å²) < 4.78 is 10.6. The molecule has 0 amide bonds. The molecule has 1 aliphatic heterocycles. The molecule has 1 fully saturated rings. The van der Waals surface area contributed by atoms with Gasteiger partial charge in [0.15, 0.2) is 5.84 Å². The highest BCUT2D eigenvalue weighted by Crippen LogP contribution is 2.33. The Kier molecular flexibility index (Phi) is 8.80. The lowest BCUT2D eigenvalue weighted by Gasteiger charge is -2.17. The number of para-hydroxylation sites is 1. The first-order valence-corrected chi connectivity index (χ1v) is 13.4. The van der Waals surface area contributed by atoms with E-state index in [-0.39, 0.29) is 0 Å². The van der Waals surface area contributed by atoms with Crippen LogP contribution in [0.2, 0.25) is 0 Å². The van der Waals surface area contributed by atoms with Gasteiger partial charge in [-0.05, 0) is 84.1 Å². The lowest BCUT2D eigenvalue weighted by molar-refractivity contribution is 0.415. The zero-order chi connectivity index (χ0) is 27.6. The summed E-state index contributed by atoms with van der Waals surface area (Å²) in [4.78, 5) is 11.9. The summed E-state index contributed by atoms with van der Waals surface area (Å²) in [6.07, 6.45) is 5.51. The van der Waals surface area contributed by atoms with Crippen LogP contribution in [0.1, 0.15) is 5.56 Å². The van der Waals surface area contributed by atoms with Gasteiger partial charge in [-0.15, -0.1) is 5.10 Å². The van der Waals surface area contributed by atoms with Crippen LogP contribution in [-0.4, -0.2) is 36.5 Å². The molecule has 4 aromatic rings. The van der Waals surface area contributed by atoms with Gasteiger partial charge in [0.25, 0.3) is 0 Å². The Hall–Kier alpha value is -4.95. The number of methoxy groups -OCH3 is 2. The molecular weight excluding hydrogens is 518 g/mol. The van der Waals surface area contributed by atoms with Crippen LogP contribution in [0.5, 0.6) is 11.5 Å². The molecule has 0 saturated carbocycles. The minimum Gasteiger partial charge on any atom is -0.497 e. The van der Waals surface area contributed by atoms with Crippen molar-refractivity contribution in [3.63, 3.8) is 0 Å². The lowest BCUT2D eigenvalue weighted by Crippen LogP contribution is -2.30. The zero-order valence-electron chi connectivity index (χ0n) is 22.1. The lowest BCUT2D eigenvalue weighted by atomic mass is 10.2. The van der Waals surface area contributed by atoms with Gasteiger partial charge in [0.05, 0.1) is 25.6 Å². The van der Waals surface area contributed by atoms with E-state index in [0.29, 0.717) is 16.0 Å². The standard InChI is InChI=1S/C32H27N5O2S/c1-38-28-19-15-25(16-20-28)34-30-31(35-26-17-21-29(39-2)22-18-26)40-32(37(30)27-13-7-4-8-14-27)36-33-23-9-12-24-10-5-3-6-11-24/h3-23H,1-2H3/b12-9+,33-23?,34-30?,35-31?,36-32?. The first-order valence-electron chi connectivity index (χ1n) is 12.5. The van der Waals surface area contributed by atoms with Gasteiger partial charge in [0.2, 0.25) is 5.17 Å². The third-order valence-corrected chi connectivity index (χ3v) is 6.71. The fourth-order valence-corrected chi connectivity index (χ4v) is 4.73. The summed E-state index contributed by atoms with van der Waals surface area (Å²) in [6.45, 7) is 0. The molecule has 40 heavy (non-hydrogen) atoms. The number of benzene rings is 4. The topological polar surface area (TPSA) is 71.1 Å². The second-order valence-electron chi connectivity index (χ2n) is 8.44. The molecule has 198 valence electrons. The fraction of sp³-hybridized carbons (Fsp3) is 0.0625. The quantitative estimate of drug-likeness (QED) is 0.167. The van der Waals surface area contributed by atoms with Crippen LogP contribution >= 0.6 is 11.8 Å². The minimum atomic E-state index is 0.634. The summed E-state index contributed by atoms with van der Waals surface area (Å²) >= 11 is 1.41. The SMILES string of the molecule is COc1ccc(N=C2SC(=NN=C/C=C/c3ccccc3)N(c3ccccc3)C2=Nc2ccc(OC)cc2)cc1. The van der Waals surface area contributed by atoms with E-state index in [4.69, 9.17) is 19.5 Å². The average molecular weight is 546 g/mol. The highest BCUT2D eigenvalue weighted by atomic mass is 32.2. The van der Waals surface area contributed by atoms with Crippen LogP contribution in [0, 0.1) is 0 Å². The minimum absolute atomic E-state index is 0.634. The van der Waals surface area contributed by atoms with E-state index in [1.807, 2.05) is 126 Å². The number of hydrogen-bond acceptors (Lipinski definition) is 7. The monoisotopic (exact) mass is 545 g/mol. The molecule has 0 N–H and O–H groups in total. The second-order valence-corrected chi connectivity index (χ2v) is 9.39. The number of allylic oxidation sites excluding steroid dienone is 1. The van der Waals surface area contributed by atoms with Gasteiger partial charge in [-0.25, -0.2) is 9.98 Å². The first kappa shape index (κ1) is 26.6. The molecule has 1 saturated heterocycles. The van der Waals surface area contributed by atoms with E-state index in [2.05, 4.69) is 10.2 Å². The van der Waals surface area contributed by atoms with Crippen molar-refractivity contribution >= 4 is 57.2 Å². The Morgan fingerprint density at radius 1 is 0.675 bits per heavy atom. The number of hydrogen-bond donors (Lipinski definition) is 0. The first-order chi connectivity index (χ1) is 19.7. The van der Waals surface area contributed by atoms with Gasteiger partial charge in [0.1, 0.15) is 16.5 Å². The van der Waals surface area contributed by atoms with E-state index in [1.54, 1.807) is 20.4 Å². The molecule has 0 atom stereocenters. The molecule has 8 heteroatoms. The van der Waals surface area contributed by atoms with Gasteiger partial charge in [0, 0.05) is 11.9 Å². The maximum atomic E-state index is 5.32. The predicted molar refractivity (Wildman–Crippen MR) is 168 cm³/mol. The van der Waals surface area contributed by atoms with Crippen molar-refractivity contribution in [2.24, 2.45) is 20.2 Å². The second kappa shape index (κ2) is 13.2. The number of aliphatic imine (C=N–C) groups is 2. The van der Waals surface area contributed by atoms with Gasteiger partial charge in [-0.1, -0.05) is 54.6 Å². The van der Waals surface area contributed by atoms with Crippen LogP contribution in [0.3, 0.4) is 0 Å². The maximum absolute atomic E-state index is 5.32. The van der Waals surface area contributed by atoms with Crippen LogP contribution in [-0.2, 0) is 0 Å². The molecule has 1 heterocycles. The summed E-state index contributed by atoms with van der Waals surface area (Å²) in [5, 5.41) is 10.2. The van der Waals surface area contributed by atoms with Crippen LogP contribution < -0.4 is 14.4 Å². The smallest absolute Gasteiger partial charge is 0.202 e. The molecule has 0 aromatic heterocycles. The van der Waals surface area contributed by atoms with Gasteiger partial charge in [-0.2, -0.15) is 5.10 Å². The number of ether oxygens (including phenoxy) is 2. The Balaban J connectivity index is 1.56. The van der Waals surface area contributed by atoms with E-state index in [0.717, 1.165) is 34.1 Å². The number of nitrogens with zero attached hydrogens (tertiary/aromatic N) is 5. The zero-order valence-corrected chi connectivity index (χ0v) is 22.9. The summed E-state index contributed by atoms with van der Waals surface area (Å²) in [6, 6.07) is 35.2. The van der Waals surface area contributed by atoms with Crippen molar-refractivity contribution in [1.82, 2.24) is 0 Å². The third-order valence-electron chi connectivity index (χ3n) is 5.79. The molecule has 4 aromatic carbocycles. The largest absolute Gasteiger partial charge is 0.497 e. The molecule has 0 aliphatic carbocycles. The van der Waals surface area contributed by atoms with Crippen molar-refractivity contribution in [2.45, 2.75) is 0 Å². The average Bonchev–Trinajstić information content (AvgIpc) is 3.34. The highest BCUT2D eigenvalue weighted by Gasteiger charge is 2.34. The van der Waals surface area contributed by atoms with Crippen LogP contribution in [0.25, 0.3) is 6.08 Å². The van der Waals surface area contributed by atoms with Crippen molar-refractivity contribution in [1.29, 1.82) is 0 Å². The van der Waals surface area contributed by atoms with Crippen LogP contribution in [0.15, 0.2) is 135 Å². The molecular formula is C32H27N5O2S. The molecule has 0 spiro atoms. The van der Waals surface area contributed by atoms with Gasteiger partial charge >= 0.3 is 0 Å². The normalized spacial score (nSPS) is 16.6. The molecule has 0 bridgehead atoms. The maximum Gasteiger partial charge on any atom is 0.202 e. The Labute approximate surface area is 237 Å². The van der Waals surface area contributed by atoms with E-state index in [9.17, 15) is 0 Å². The number of thioether (sulfide) groups is 1. The molecule has 7 nitrogen and oxygen atoms in total. The van der Waals surface area contributed by atoms with Gasteiger partial charge < -0.3 is 9.47 Å². The van der Waals surface area contributed by atoms with Gasteiger partial charge in [-0.3, -0.25) is 4.90 Å². The van der Waals surface area contributed by atoms with E-state index < -0.39 is 0 Å². The summed E-state index contributed by atoms with van der Waals surface area (Å²) in [5.41, 5.74) is 3.52. The Morgan fingerprint density at radius 2 is 1.25 bits per heavy atom. The van der Waals surface area contributed by atoms with Crippen molar-refractivity contribution in [3.05, 3.63) is 121 Å². The van der Waals surface area contributed by atoms with E-state index in [1.165, 1.54) is 11.8 Å². The predicted octanol–water partition coefficient (Wildman–Crippen LogP) is 7.77. The summed E-state index contributed by atoms with van der Waals surface area (Å²) in [5.74, 6) is 2.17. The van der Waals surface area contributed by atoms with Crippen LogP contribution in [0.4, 0.5) is 17.1 Å². The van der Waals surface area contributed by atoms with Crippen molar-refractivity contribution < 1.29 is 9.47 Å². The summed E-state index contributed by atoms with van der Waals surface area (Å²) in [7, 11) is 3.28. The Bertz CT molecular complexity index is 1560. The number of anilines is 1. The molecule has 0 radical (unpaired) electrons. The number of amidine groups is 2. The third kappa shape index (κ3) is 6.73. The number of rotatable bonds is 8. The molecule has 0 unspecified atom stereocenters. The highest BCUT2D eigenvalue weighted by molar-refractivity contribution is 8.29. The molecule has 5 rings (SSSR count).